The predicted octanol–water partition coefficient (Wildman–Crippen LogP) is 2.89. The molecule has 0 spiro atoms. The zero-order valence-corrected chi connectivity index (χ0v) is 14.4. The van der Waals surface area contributed by atoms with Crippen LogP contribution < -0.4 is 5.73 Å². The van der Waals surface area contributed by atoms with E-state index in [0.717, 1.165) is 16.6 Å². The number of benzene rings is 2. The van der Waals surface area contributed by atoms with Gasteiger partial charge in [0.15, 0.2) is 5.82 Å². The molecule has 26 heavy (non-hydrogen) atoms. The smallest absolute Gasteiger partial charge is 0.307 e. The Morgan fingerprint density at radius 3 is 2.58 bits per heavy atom. The summed E-state index contributed by atoms with van der Waals surface area (Å²) in [4.78, 5) is 16.5. The van der Waals surface area contributed by atoms with Crippen LogP contribution in [0.3, 0.4) is 0 Å². The van der Waals surface area contributed by atoms with Gasteiger partial charge in [-0.2, -0.15) is 9.50 Å². The lowest BCUT2D eigenvalue weighted by Crippen LogP contribution is -2.09. The van der Waals surface area contributed by atoms with Crippen molar-refractivity contribution >= 4 is 28.5 Å². The third-order valence-corrected chi connectivity index (χ3v) is 4.25. The number of nitrogen functional groups attached to an aromatic ring is 1. The van der Waals surface area contributed by atoms with Gasteiger partial charge in [-0.3, -0.25) is 4.79 Å². The molecular weight excluding hydrogens is 330 g/mol. The first-order valence-electron chi connectivity index (χ1n) is 8.53. The quantitative estimate of drug-likeness (QED) is 0.442. The molecule has 0 aliphatic carbocycles. The molecule has 0 radical (unpaired) electrons. The monoisotopic (exact) mass is 349 g/mol. The van der Waals surface area contributed by atoms with Crippen LogP contribution in [0.2, 0.25) is 0 Å². The highest BCUT2D eigenvalue weighted by molar-refractivity contribution is 5.81. The van der Waals surface area contributed by atoms with Gasteiger partial charge in [-0.05, 0) is 43.3 Å². The van der Waals surface area contributed by atoms with E-state index in [1.807, 2.05) is 57.6 Å². The van der Waals surface area contributed by atoms with Gasteiger partial charge < -0.3 is 15.0 Å². The van der Waals surface area contributed by atoms with E-state index in [-0.39, 0.29) is 12.4 Å². The number of carbonyl (C=O) groups excluding carboxylic acids is 1. The van der Waals surface area contributed by atoms with E-state index in [1.165, 1.54) is 0 Å². The van der Waals surface area contributed by atoms with Crippen molar-refractivity contribution in [3.05, 3.63) is 48.5 Å². The number of esters is 1. The second-order valence-electron chi connectivity index (χ2n) is 5.96. The van der Waals surface area contributed by atoms with Gasteiger partial charge in [0.25, 0.3) is 0 Å². The molecule has 2 heterocycles. The van der Waals surface area contributed by atoms with Crippen LogP contribution in [0.5, 0.6) is 0 Å². The average molecular weight is 349 g/mol. The van der Waals surface area contributed by atoms with Gasteiger partial charge in [0.2, 0.25) is 5.78 Å². The van der Waals surface area contributed by atoms with Gasteiger partial charge in [0, 0.05) is 17.8 Å². The molecule has 0 aliphatic heterocycles. The third-order valence-electron chi connectivity index (χ3n) is 4.25. The van der Waals surface area contributed by atoms with Crippen LogP contribution in [0.1, 0.15) is 13.3 Å². The molecule has 2 N–H and O–H groups in total. The average Bonchev–Trinajstić information content (AvgIpc) is 3.19. The van der Waals surface area contributed by atoms with Gasteiger partial charge in [-0.25, -0.2) is 0 Å². The Kier molecular flexibility index (Phi) is 4.04. The second kappa shape index (κ2) is 6.51. The second-order valence-corrected chi connectivity index (χ2v) is 5.96. The van der Waals surface area contributed by atoms with E-state index >= 15 is 0 Å². The maximum Gasteiger partial charge on any atom is 0.307 e. The number of ether oxygens (including phenoxy) is 1. The number of anilines is 1. The first-order valence-corrected chi connectivity index (χ1v) is 8.53. The van der Waals surface area contributed by atoms with E-state index < -0.39 is 0 Å². The molecule has 2 aromatic heterocycles. The number of aryl methyl sites for hydroxylation is 1. The molecule has 4 rings (SSSR count). The number of fused-ring (bicyclic) bond motifs is 3. The maximum absolute atomic E-state index is 11.8. The van der Waals surface area contributed by atoms with Crippen molar-refractivity contribution in [2.45, 2.75) is 19.9 Å². The van der Waals surface area contributed by atoms with Crippen LogP contribution in [0, 0.1) is 0 Å². The van der Waals surface area contributed by atoms with Crippen LogP contribution in [-0.2, 0) is 16.1 Å². The van der Waals surface area contributed by atoms with Crippen LogP contribution in [0.25, 0.3) is 28.2 Å². The van der Waals surface area contributed by atoms with Crippen LogP contribution in [0.15, 0.2) is 48.5 Å². The molecule has 2 aromatic carbocycles. The normalized spacial score (nSPS) is 11.3. The summed E-state index contributed by atoms with van der Waals surface area (Å²) in [6.07, 6.45) is 0.284. The summed E-state index contributed by atoms with van der Waals surface area (Å²) in [5, 5.41) is 4.65. The zero-order chi connectivity index (χ0) is 18.1. The van der Waals surface area contributed by atoms with E-state index in [0.29, 0.717) is 30.4 Å². The molecule has 0 aliphatic rings. The molecule has 0 saturated carbocycles. The number of nitrogens with zero attached hydrogens (tertiary/aromatic N) is 4. The number of aromatic nitrogens is 4. The summed E-state index contributed by atoms with van der Waals surface area (Å²) in [5.74, 6) is 1.10. The van der Waals surface area contributed by atoms with Gasteiger partial charge in [0.05, 0.1) is 24.1 Å². The third kappa shape index (κ3) is 2.77. The fourth-order valence-corrected chi connectivity index (χ4v) is 3.03. The van der Waals surface area contributed by atoms with Gasteiger partial charge in [-0.1, -0.05) is 12.1 Å². The number of hydrogen-bond acceptors (Lipinski definition) is 5. The lowest BCUT2D eigenvalue weighted by molar-refractivity contribution is -0.143. The minimum Gasteiger partial charge on any atom is -0.466 e. The molecule has 7 heteroatoms. The number of para-hydroxylation sites is 2. The molecule has 0 bridgehead atoms. The Bertz CT molecular complexity index is 1080. The first kappa shape index (κ1) is 16.1. The van der Waals surface area contributed by atoms with Crippen LogP contribution >= 0.6 is 0 Å². The summed E-state index contributed by atoms with van der Waals surface area (Å²) in [5.41, 5.74) is 9.27. The largest absolute Gasteiger partial charge is 0.466 e. The van der Waals surface area contributed by atoms with E-state index in [9.17, 15) is 4.79 Å². The summed E-state index contributed by atoms with van der Waals surface area (Å²) >= 11 is 0. The highest BCUT2D eigenvalue weighted by atomic mass is 16.5. The number of rotatable bonds is 5. The summed E-state index contributed by atoms with van der Waals surface area (Å²) in [7, 11) is 0. The van der Waals surface area contributed by atoms with Crippen LogP contribution in [-0.4, -0.2) is 31.7 Å². The Balaban J connectivity index is 1.80. The summed E-state index contributed by atoms with van der Waals surface area (Å²) < 4.78 is 8.85. The van der Waals surface area contributed by atoms with Crippen molar-refractivity contribution in [1.82, 2.24) is 19.2 Å². The van der Waals surface area contributed by atoms with Crippen molar-refractivity contribution in [2.75, 3.05) is 12.3 Å². The highest BCUT2D eigenvalue weighted by Crippen LogP contribution is 2.24. The Hall–Kier alpha value is -3.35. The van der Waals surface area contributed by atoms with Gasteiger partial charge in [-0.15, -0.1) is 5.10 Å². The van der Waals surface area contributed by atoms with E-state index in [2.05, 4.69) is 5.10 Å². The Morgan fingerprint density at radius 1 is 1.12 bits per heavy atom. The molecule has 0 fully saturated rings. The highest BCUT2D eigenvalue weighted by Gasteiger charge is 2.17. The Labute approximate surface area is 150 Å². The number of carbonyl (C=O) groups is 1. The fraction of sp³-hybridized carbons (Fsp3) is 0.211. The van der Waals surface area contributed by atoms with Crippen LogP contribution in [0.4, 0.5) is 5.69 Å². The topological polar surface area (TPSA) is 87.4 Å². The minimum absolute atomic E-state index is 0.221. The van der Waals surface area contributed by atoms with Crippen molar-refractivity contribution in [3.63, 3.8) is 0 Å². The summed E-state index contributed by atoms with van der Waals surface area (Å²) in [6, 6.07) is 15.4. The van der Waals surface area contributed by atoms with Gasteiger partial charge >= 0.3 is 5.97 Å². The molecule has 0 saturated heterocycles. The zero-order valence-electron chi connectivity index (χ0n) is 14.4. The predicted molar refractivity (Wildman–Crippen MR) is 99.6 cm³/mol. The molecule has 0 unspecified atom stereocenters. The van der Waals surface area contributed by atoms with E-state index in [1.54, 1.807) is 6.92 Å². The summed E-state index contributed by atoms with van der Waals surface area (Å²) in [6.45, 7) is 2.67. The molecular formula is C19H19N5O2. The lowest BCUT2D eigenvalue weighted by atomic mass is 10.2. The first-order chi connectivity index (χ1) is 12.7. The lowest BCUT2D eigenvalue weighted by Gasteiger charge is -2.05. The standard InChI is InChI=1S/C19H19N5O2/c1-2-26-17(25)11-12-23-15-5-3-4-6-16(15)24-19(23)21-18(22-24)13-7-9-14(20)10-8-13/h3-10H,2,11-12,20H2,1H3. The number of imidazole rings is 1. The van der Waals surface area contributed by atoms with Crippen molar-refractivity contribution in [1.29, 1.82) is 0 Å². The molecule has 132 valence electrons. The van der Waals surface area contributed by atoms with Crippen molar-refractivity contribution < 1.29 is 9.53 Å². The fourth-order valence-electron chi connectivity index (χ4n) is 3.03. The van der Waals surface area contributed by atoms with Crippen molar-refractivity contribution in [3.8, 4) is 11.4 Å². The molecule has 7 nitrogen and oxygen atoms in total. The maximum atomic E-state index is 11.8. The number of nitrogens with two attached hydrogens (primary N) is 1. The molecule has 4 aromatic rings. The van der Waals surface area contributed by atoms with Gasteiger partial charge in [0.1, 0.15) is 0 Å². The molecule has 0 atom stereocenters. The van der Waals surface area contributed by atoms with E-state index in [4.69, 9.17) is 15.5 Å². The molecule has 0 amide bonds. The Morgan fingerprint density at radius 2 is 1.85 bits per heavy atom. The van der Waals surface area contributed by atoms with Crippen molar-refractivity contribution in [2.24, 2.45) is 0 Å². The SMILES string of the molecule is CCOC(=O)CCn1c2ccccc2n2nc(-c3ccc(N)cc3)nc12. The number of hydrogen-bond donors (Lipinski definition) is 1. The minimum atomic E-state index is -0.221.